The normalized spacial score (nSPS) is 12.0. The Bertz CT molecular complexity index is 282. The van der Waals surface area contributed by atoms with Crippen LogP contribution < -0.4 is 5.32 Å². The van der Waals surface area contributed by atoms with E-state index in [-0.39, 0.29) is 6.04 Å². The van der Waals surface area contributed by atoms with Gasteiger partial charge in [-0.05, 0) is 12.5 Å². The number of nitrogens with zero attached hydrogens (tertiary/aromatic N) is 1. The van der Waals surface area contributed by atoms with Gasteiger partial charge in [-0.3, -0.25) is 5.10 Å². The van der Waals surface area contributed by atoms with E-state index in [1.165, 1.54) is 0 Å². The highest BCUT2D eigenvalue weighted by Gasteiger charge is 2.13. The maximum absolute atomic E-state index is 10.4. The van der Waals surface area contributed by atoms with E-state index in [2.05, 4.69) is 22.1 Å². The number of H-pyrrole nitrogens is 1. The Kier molecular flexibility index (Phi) is 3.08. The van der Waals surface area contributed by atoms with Crippen molar-refractivity contribution in [2.24, 2.45) is 0 Å². The first kappa shape index (κ1) is 9.31. The molecule has 3 N–H and O–H groups in total. The molecular formula is C8H11N3O2. The minimum absolute atomic E-state index is 0.318. The summed E-state index contributed by atoms with van der Waals surface area (Å²) in [5, 5.41) is 17.4. The summed E-state index contributed by atoms with van der Waals surface area (Å²) in [6, 6.07) is 1.41. The molecule has 13 heavy (non-hydrogen) atoms. The fourth-order valence-corrected chi connectivity index (χ4v) is 1.04. The lowest BCUT2D eigenvalue weighted by molar-refractivity contribution is 0.189. The number of carbonyl (C=O) groups is 1. The minimum atomic E-state index is -1.06. The minimum Gasteiger partial charge on any atom is -0.465 e. The van der Waals surface area contributed by atoms with Crippen molar-refractivity contribution in [3.8, 4) is 0 Å². The summed E-state index contributed by atoms with van der Waals surface area (Å²) >= 11 is 0. The van der Waals surface area contributed by atoms with Crippen LogP contribution in [0, 0.1) is 0 Å². The molecule has 1 heterocycles. The Morgan fingerprint density at radius 1 is 1.92 bits per heavy atom. The van der Waals surface area contributed by atoms with Gasteiger partial charge in [0.25, 0.3) is 0 Å². The summed E-state index contributed by atoms with van der Waals surface area (Å²) in [6.07, 6.45) is 2.76. The molecule has 1 amide bonds. The summed E-state index contributed by atoms with van der Waals surface area (Å²) in [7, 11) is 0. The molecule has 0 saturated heterocycles. The van der Waals surface area contributed by atoms with Gasteiger partial charge in [0, 0.05) is 6.20 Å². The van der Waals surface area contributed by atoms with Crippen molar-refractivity contribution in [3.05, 3.63) is 30.6 Å². The second kappa shape index (κ2) is 4.30. The van der Waals surface area contributed by atoms with E-state index < -0.39 is 6.09 Å². The van der Waals surface area contributed by atoms with Crippen molar-refractivity contribution < 1.29 is 9.90 Å². The summed E-state index contributed by atoms with van der Waals surface area (Å²) in [5.41, 5.74) is 0.669. The topological polar surface area (TPSA) is 78.0 Å². The predicted molar refractivity (Wildman–Crippen MR) is 47.3 cm³/mol. The van der Waals surface area contributed by atoms with Crippen LogP contribution in [0.15, 0.2) is 24.9 Å². The van der Waals surface area contributed by atoms with Gasteiger partial charge in [-0.1, -0.05) is 6.08 Å². The van der Waals surface area contributed by atoms with Gasteiger partial charge in [-0.15, -0.1) is 6.58 Å². The molecule has 0 aliphatic carbocycles. The molecule has 0 aliphatic heterocycles. The number of amides is 1. The van der Waals surface area contributed by atoms with Crippen molar-refractivity contribution >= 4 is 6.09 Å². The molecule has 1 rings (SSSR count). The molecule has 0 aliphatic rings. The second-order valence-corrected chi connectivity index (χ2v) is 2.53. The van der Waals surface area contributed by atoms with Crippen LogP contribution in [-0.2, 0) is 0 Å². The quantitative estimate of drug-likeness (QED) is 0.612. The summed E-state index contributed by atoms with van der Waals surface area (Å²) < 4.78 is 0. The zero-order valence-corrected chi connectivity index (χ0v) is 7.03. The van der Waals surface area contributed by atoms with E-state index in [9.17, 15) is 4.79 Å². The van der Waals surface area contributed by atoms with Crippen molar-refractivity contribution in [1.29, 1.82) is 0 Å². The summed E-state index contributed by atoms with van der Waals surface area (Å²) in [4.78, 5) is 10.4. The van der Waals surface area contributed by atoms with Crippen LogP contribution >= 0.6 is 0 Å². The second-order valence-electron chi connectivity index (χ2n) is 2.53. The fourth-order valence-electron chi connectivity index (χ4n) is 1.04. The molecule has 0 aromatic carbocycles. The van der Waals surface area contributed by atoms with Gasteiger partial charge < -0.3 is 10.4 Å². The first-order valence-electron chi connectivity index (χ1n) is 3.84. The Hall–Kier alpha value is -1.78. The fraction of sp³-hybridized carbons (Fsp3) is 0.250. The molecular weight excluding hydrogens is 170 g/mol. The summed E-state index contributed by atoms with van der Waals surface area (Å²) in [6.45, 7) is 3.55. The van der Waals surface area contributed by atoms with Gasteiger partial charge in [0.2, 0.25) is 0 Å². The molecule has 70 valence electrons. The highest BCUT2D eigenvalue weighted by molar-refractivity contribution is 5.65. The number of aromatic amines is 1. The Balaban J connectivity index is 2.67. The number of hydrogen-bond donors (Lipinski definition) is 3. The smallest absolute Gasteiger partial charge is 0.405 e. The van der Waals surface area contributed by atoms with Gasteiger partial charge in [0.15, 0.2) is 0 Å². The summed E-state index contributed by atoms with van der Waals surface area (Å²) in [5.74, 6) is 0. The monoisotopic (exact) mass is 181 g/mol. The Morgan fingerprint density at radius 2 is 2.69 bits per heavy atom. The maximum atomic E-state index is 10.4. The van der Waals surface area contributed by atoms with Gasteiger partial charge >= 0.3 is 6.09 Å². The first-order valence-corrected chi connectivity index (χ1v) is 3.84. The third-order valence-corrected chi connectivity index (χ3v) is 1.58. The molecule has 0 spiro atoms. The van der Waals surface area contributed by atoms with Gasteiger partial charge in [-0.2, -0.15) is 5.10 Å². The molecule has 1 aromatic heterocycles. The molecule has 0 fully saturated rings. The Morgan fingerprint density at radius 3 is 3.15 bits per heavy atom. The van der Waals surface area contributed by atoms with Crippen molar-refractivity contribution in [2.45, 2.75) is 12.5 Å². The third-order valence-electron chi connectivity index (χ3n) is 1.58. The zero-order valence-electron chi connectivity index (χ0n) is 7.03. The molecule has 1 atom stereocenters. The van der Waals surface area contributed by atoms with Gasteiger partial charge in [-0.25, -0.2) is 4.79 Å². The van der Waals surface area contributed by atoms with E-state index in [1.807, 2.05) is 0 Å². The third kappa shape index (κ3) is 2.62. The predicted octanol–water partition coefficient (Wildman–Crippen LogP) is 1.29. The zero-order chi connectivity index (χ0) is 9.68. The van der Waals surface area contributed by atoms with Crippen LogP contribution in [0.1, 0.15) is 18.2 Å². The van der Waals surface area contributed by atoms with E-state index in [0.29, 0.717) is 12.1 Å². The van der Waals surface area contributed by atoms with E-state index in [1.54, 1.807) is 18.3 Å². The molecule has 1 aromatic rings. The standard InChI is InChI=1S/C8H11N3O2/c1-2-3-6(10-8(12)13)7-4-5-9-11-7/h2,4-6,10H,1,3H2,(H,9,11)(H,12,13)/t6-/m0/s1. The van der Waals surface area contributed by atoms with Crippen molar-refractivity contribution in [2.75, 3.05) is 0 Å². The number of carboxylic acid groups (broad SMARTS) is 1. The highest BCUT2D eigenvalue weighted by Crippen LogP contribution is 2.13. The van der Waals surface area contributed by atoms with Crippen LogP contribution in [0.25, 0.3) is 0 Å². The molecule has 0 bridgehead atoms. The van der Waals surface area contributed by atoms with E-state index >= 15 is 0 Å². The number of nitrogens with one attached hydrogen (secondary N) is 2. The molecule has 5 heteroatoms. The van der Waals surface area contributed by atoms with Gasteiger partial charge in [0.1, 0.15) is 0 Å². The van der Waals surface area contributed by atoms with Crippen LogP contribution in [-0.4, -0.2) is 21.4 Å². The largest absolute Gasteiger partial charge is 0.465 e. The number of hydrogen-bond acceptors (Lipinski definition) is 2. The lowest BCUT2D eigenvalue weighted by Crippen LogP contribution is -2.26. The van der Waals surface area contributed by atoms with E-state index in [0.717, 1.165) is 0 Å². The average molecular weight is 181 g/mol. The maximum Gasteiger partial charge on any atom is 0.405 e. The first-order chi connectivity index (χ1) is 6.24. The molecule has 0 radical (unpaired) electrons. The number of aromatic nitrogens is 2. The van der Waals surface area contributed by atoms with Crippen molar-refractivity contribution in [1.82, 2.24) is 15.5 Å². The van der Waals surface area contributed by atoms with Crippen LogP contribution in [0.5, 0.6) is 0 Å². The van der Waals surface area contributed by atoms with Crippen LogP contribution in [0.3, 0.4) is 0 Å². The number of rotatable bonds is 4. The van der Waals surface area contributed by atoms with Crippen LogP contribution in [0.4, 0.5) is 4.79 Å². The SMILES string of the molecule is C=CC[C@H](NC(=O)O)c1cc[nH]n1. The van der Waals surface area contributed by atoms with E-state index in [4.69, 9.17) is 5.11 Å². The molecule has 0 unspecified atom stereocenters. The molecule has 0 saturated carbocycles. The van der Waals surface area contributed by atoms with Gasteiger partial charge in [0.05, 0.1) is 11.7 Å². The molecule has 5 nitrogen and oxygen atoms in total. The highest BCUT2D eigenvalue weighted by atomic mass is 16.4. The average Bonchev–Trinajstić information content (AvgIpc) is 2.54. The van der Waals surface area contributed by atoms with Crippen LogP contribution in [0.2, 0.25) is 0 Å². The Labute approximate surface area is 75.5 Å². The lowest BCUT2D eigenvalue weighted by Gasteiger charge is -2.11. The van der Waals surface area contributed by atoms with Crippen molar-refractivity contribution in [3.63, 3.8) is 0 Å². The lowest BCUT2D eigenvalue weighted by atomic mass is 10.1.